The Morgan fingerprint density at radius 3 is 2.31 bits per heavy atom. The molecule has 0 amide bonds. The first kappa shape index (κ1) is 29.1. The van der Waals surface area contributed by atoms with Crippen molar-refractivity contribution in [3.63, 3.8) is 0 Å². The Kier molecular flexibility index (Phi) is 8.46. The third kappa shape index (κ3) is 6.09. The van der Waals surface area contributed by atoms with Crippen LogP contribution in [0.25, 0.3) is 28.1 Å². The van der Waals surface area contributed by atoms with Gasteiger partial charge in [-0.25, -0.2) is 0 Å². The van der Waals surface area contributed by atoms with Crippen molar-refractivity contribution in [2.24, 2.45) is 0 Å². The van der Waals surface area contributed by atoms with E-state index in [2.05, 4.69) is 80.4 Å². The second-order valence-corrected chi connectivity index (χ2v) is 10.7. The molecule has 7 heteroatoms. The van der Waals surface area contributed by atoms with Gasteiger partial charge in [0, 0.05) is 23.6 Å². The van der Waals surface area contributed by atoms with Gasteiger partial charge >= 0.3 is 21.1 Å². The van der Waals surface area contributed by atoms with Crippen LogP contribution < -0.4 is 4.90 Å². The summed E-state index contributed by atoms with van der Waals surface area (Å²) in [7, 11) is 0. The van der Waals surface area contributed by atoms with Crippen LogP contribution in [-0.4, -0.2) is 19.7 Å². The Balaban J connectivity index is 0.00000353. The van der Waals surface area contributed by atoms with Gasteiger partial charge in [-0.1, -0.05) is 81.6 Å². The second kappa shape index (κ2) is 12.2. The van der Waals surface area contributed by atoms with E-state index in [1.54, 1.807) is 12.3 Å². The first-order valence-corrected chi connectivity index (χ1v) is 13.4. The van der Waals surface area contributed by atoms with Crippen LogP contribution in [0.1, 0.15) is 26.3 Å². The molecule has 210 valence electrons. The Hall–Kier alpha value is -4.41. The van der Waals surface area contributed by atoms with Crippen molar-refractivity contribution in [1.29, 1.82) is 0 Å². The Morgan fingerprint density at radius 2 is 1.57 bits per heavy atom. The quantitative estimate of drug-likeness (QED) is 0.127. The van der Waals surface area contributed by atoms with Crippen LogP contribution in [0.5, 0.6) is 0 Å². The molecule has 3 aromatic heterocycles. The molecule has 0 spiro atoms. The standard InChI is InChI=1S/C35H28FN5.Pt/c1-35(2,3)28-17-19-29(20-18-28)41(33-21-23-40(39-33)31-15-9-22-37-34(31)36)32-16-8-14-30(38-32)27-13-7-12-26(24-27)25-10-5-4-6-11-25;/h4-12,14,16-24H,1-3H3;/q-2;+2. The summed E-state index contributed by atoms with van der Waals surface area (Å²) in [5.41, 5.74) is 6.14. The van der Waals surface area contributed by atoms with Gasteiger partial charge < -0.3 is 4.98 Å². The number of rotatable bonds is 6. The molecular weight excluding hydrogens is 704 g/mol. The van der Waals surface area contributed by atoms with Crippen LogP contribution >= 0.6 is 0 Å². The van der Waals surface area contributed by atoms with Crippen molar-refractivity contribution >= 4 is 17.3 Å². The Morgan fingerprint density at radius 1 is 0.786 bits per heavy atom. The number of hydrogen-bond donors (Lipinski definition) is 0. The second-order valence-electron chi connectivity index (χ2n) is 10.7. The topological polar surface area (TPSA) is 46.8 Å². The fourth-order valence-corrected chi connectivity index (χ4v) is 4.67. The number of benzene rings is 3. The zero-order valence-electron chi connectivity index (χ0n) is 23.4. The van der Waals surface area contributed by atoms with Gasteiger partial charge in [0.25, 0.3) is 0 Å². The minimum Gasteiger partial charge on any atom is -0.356 e. The summed E-state index contributed by atoms with van der Waals surface area (Å²) in [4.78, 5) is 10.8. The maximum atomic E-state index is 14.5. The molecule has 0 fully saturated rings. The van der Waals surface area contributed by atoms with E-state index in [9.17, 15) is 4.39 Å². The Bertz CT molecular complexity index is 1790. The summed E-state index contributed by atoms with van der Waals surface area (Å²) < 4.78 is 15.9. The maximum Gasteiger partial charge on any atom is 2.00 e. The zero-order valence-corrected chi connectivity index (χ0v) is 25.7. The molecule has 0 N–H and O–H groups in total. The van der Waals surface area contributed by atoms with Crippen molar-refractivity contribution in [1.82, 2.24) is 19.7 Å². The van der Waals surface area contributed by atoms with E-state index >= 15 is 0 Å². The van der Waals surface area contributed by atoms with Crippen LogP contribution in [0.3, 0.4) is 0 Å². The molecule has 42 heavy (non-hydrogen) atoms. The summed E-state index contributed by atoms with van der Waals surface area (Å²) in [5, 5.41) is 4.71. The van der Waals surface area contributed by atoms with Gasteiger partial charge in [-0.15, -0.1) is 35.4 Å². The first-order chi connectivity index (χ1) is 19.9. The number of aromatic nitrogens is 4. The van der Waals surface area contributed by atoms with Crippen molar-refractivity contribution in [3.05, 3.63) is 139 Å². The normalized spacial score (nSPS) is 11.1. The molecule has 5 nitrogen and oxygen atoms in total. The molecule has 6 rings (SSSR count). The molecule has 0 aliphatic rings. The van der Waals surface area contributed by atoms with E-state index in [-0.39, 0.29) is 32.2 Å². The van der Waals surface area contributed by atoms with Gasteiger partial charge in [0.2, 0.25) is 0 Å². The summed E-state index contributed by atoms with van der Waals surface area (Å²) in [6.07, 6.45) is 3.06. The smallest absolute Gasteiger partial charge is 0.356 e. The van der Waals surface area contributed by atoms with Crippen LogP contribution in [0, 0.1) is 18.1 Å². The molecule has 0 saturated carbocycles. The first-order valence-electron chi connectivity index (χ1n) is 13.4. The van der Waals surface area contributed by atoms with Gasteiger partial charge in [0.05, 0.1) is 0 Å². The van der Waals surface area contributed by atoms with E-state index in [0.29, 0.717) is 11.6 Å². The minimum atomic E-state index is -0.641. The number of nitrogens with zero attached hydrogens (tertiary/aromatic N) is 5. The predicted octanol–water partition coefficient (Wildman–Crippen LogP) is 8.50. The third-order valence-corrected chi connectivity index (χ3v) is 6.85. The van der Waals surface area contributed by atoms with E-state index in [1.807, 2.05) is 59.5 Å². The average molecular weight is 733 g/mol. The summed E-state index contributed by atoms with van der Waals surface area (Å²) in [5.74, 6) is 0.611. The van der Waals surface area contributed by atoms with Gasteiger partial charge in [-0.3, -0.25) is 19.0 Å². The number of hydrogen-bond acceptors (Lipinski definition) is 4. The molecular formula is C35H28FN5Pt. The molecule has 6 aromatic rings. The van der Waals surface area contributed by atoms with E-state index < -0.39 is 5.95 Å². The zero-order chi connectivity index (χ0) is 28.4. The Labute approximate surface area is 260 Å². The van der Waals surface area contributed by atoms with Gasteiger partial charge in [0.15, 0.2) is 5.82 Å². The van der Waals surface area contributed by atoms with Gasteiger partial charge in [0.1, 0.15) is 11.8 Å². The van der Waals surface area contributed by atoms with Gasteiger partial charge in [-0.05, 0) is 40.4 Å². The van der Waals surface area contributed by atoms with E-state index in [4.69, 9.17) is 10.1 Å². The molecule has 0 aliphatic carbocycles. The van der Waals surface area contributed by atoms with Crippen LogP contribution in [-0.2, 0) is 26.5 Å². The SMILES string of the molecule is CC(C)(C)c1ccc(N(c2cccc(-c3[c-]ccc(-c4ccccc4)c3)n2)c2ccn(-c3[c-]ccnc3F)n2)cc1.[Pt+2]. The minimum absolute atomic E-state index is 0. The molecule has 0 radical (unpaired) electrons. The fraction of sp³-hybridized carbons (Fsp3) is 0.114. The maximum absolute atomic E-state index is 14.5. The summed E-state index contributed by atoms with van der Waals surface area (Å²) >= 11 is 0. The molecule has 3 heterocycles. The van der Waals surface area contributed by atoms with E-state index in [1.165, 1.54) is 16.4 Å². The number of pyridine rings is 2. The molecule has 0 atom stereocenters. The van der Waals surface area contributed by atoms with Crippen molar-refractivity contribution in [2.75, 3.05) is 4.90 Å². The third-order valence-electron chi connectivity index (χ3n) is 6.85. The summed E-state index contributed by atoms with van der Waals surface area (Å²) in [6, 6.07) is 40.2. The number of anilines is 3. The van der Waals surface area contributed by atoms with Crippen LogP contribution in [0.15, 0.2) is 116 Å². The van der Waals surface area contributed by atoms with Gasteiger partial charge in [-0.2, -0.15) is 17.2 Å². The van der Waals surface area contributed by atoms with E-state index in [0.717, 1.165) is 28.1 Å². The largest absolute Gasteiger partial charge is 2.00 e. The van der Waals surface area contributed by atoms with Crippen molar-refractivity contribution in [3.8, 4) is 28.1 Å². The average Bonchev–Trinajstić information content (AvgIpc) is 3.47. The summed E-state index contributed by atoms with van der Waals surface area (Å²) in [6.45, 7) is 6.56. The monoisotopic (exact) mass is 732 g/mol. The van der Waals surface area contributed by atoms with Crippen LogP contribution in [0.2, 0.25) is 0 Å². The fourth-order valence-electron chi connectivity index (χ4n) is 4.67. The molecule has 0 saturated heterocycles. The predicted molar refractivity (Wildman–Crippen MR) is 161 cm³/mol. The van der Waals surface area contributed by atoms with Crippen LogP contribution in [0.4, 0.5) is 21.7 Å². The molecule has 0 aliphatic heterocycles. The van der Waals surface area contributed by atoms with Crippen molar-refractivity contribution in [2.45, 2.75) is 26.2 Å². The molecule has 3 aromatic carbocycles. The molecule has 0 bridgehead atoms. The number of halogens is 1. The molecule has 0 unspecified atom stereocenters. The van der Waals surface area contributed by atoms with Crippen molar-refractivity contribution < 1.29 is 25.5 Å².